The van der Waals surface area contributed by atoms with Crippen molar-refractivity contribution in [1.82, 2.24) is 9.71 Å². The summed E-state index contributed by atoms with van der Waals surface area (Å²) in [6, 6.07) is 3.67. The zero-order valence-corrected chi connectivity index (χ0v) is 12.3. The molecule has 6 heteroatoms. The summed E-state index contributed by atoms with van der Waals surface area (Å²) in [7, 11) is -3.22. The minimum Gasteiger partial charge on any atom is -0.265 e. The molecule has 0 bridgehead atoms. The zero-order chi connectivity index (χ0) is 13.7. The Balaban J connectivity index is 1.79. The second-order valence-corrected chi connectivity index (χ2v) is 7.47. The van der Waals surface area contributed by atoms with E-state index in [0.29, 0.717) is 13.0 Å². The van der Waals surface area contributed by atoms with Crippen molar-refractivity contribution in [2.75, 3.05) is 12.3 Å². The van der Waals surface area contributed by atoms with E-state index in [1.807, 2.05) is 12.1 Å². The van der Waals surface area contributed by atoms with Crippen molar-refractivity contribution in [3.05, 3.63) is 30.1 Å². The second kappa shape index (κ2) is 6.68. The lowest BCUT2D eigenvalue weighted by atomic mass is 10.1. The average Bonchev–Trinajstić information content (AvgIpc) is 2.81. The van der Waals surface area contributed by atoms with Crippen molar-refractivity contribution in [2.24, 2.45) is 5.92 Å². The van der Waals surface area contributed by atoms with Gasteiger partial charge in [0.05, 0.1) is 5.75 Å². The summed E-state index contributed by atoms with van der Waals surface area (Å²) < 4.78 is 26.5. The Morgan fingerprint density at radius 3 is 2.68 bits per heavy atom. The molecule has 1 N–H and O–H groups in total. The van der Waals surface area contributed by atoms with Crippen molar-refractivity contribution in [3.63, 3.8) is 0 Å². The van der Waals surface area contributed by atoms with Gasteiger partial charge in [-0.25, -0.2) is 13.1 Å². The van der Waals surface area contributed by atoms with Crippen molar-refractivity contribution >= 4 is 21.6 Å². The largest absolute Gasteiger partial charge is 0.265 e. The van der Waals surface area contributed by atoms with Gasteiger partial charge in [0, 0.05) is 24.3 Å². The molecule has 0 radical (unpaired) electrons. The number of alkyl halides is 1. The van der Waals surface area contributed by atoms with Crippen LogP contribution in [0.15, 0.2) is 24.5 Å². The van der Waals surface area contributed by atoms with E-state index in [1.165, 1.54) is 0 Å². The smallest absolute Gasteiger partial charge is 0.211 e. The highest BCUT2D eigenvalue weighted by Gasteiger charge is 2.26. The Kier molecular flexibility index (Phi) is 5.19. The van der Waals surface area contributed by atoms with Gasteiger partial charge in [0.1, 0.15) is 0 Å². The van der Waals surface area contributed by atoms with Crippen LogP contribution >= 0.6 is 11.6 Å². The van der Waals surface area contributed by atoms with E-state index in [0.717, 1.165) is 24.8 Å². The Hall–Kier alpha value is -0.650. The molecule has 0 aliphatic heterocycles. The number of nitrogens with one attached hydrogen (secondary N) is 1. The van der Waals surface area contributed by atoms with E-state index in [9.17, 15) is 8.42 Å². The van der Waals surface area contributed by atoms with Gasteiger partial charge in [0.25, 0.3) is 0 Å². The van der Waals surface area contributed by atoms with Crippen LogP contribution in [0, 0.1) is 5.92 Å². The third-order valence-electron chi connectivity index (χ3n) is 3.54. The maximum Gasteiger partial charge on any atom is 0.211 e. The number of hydrogen-bond acceptors (Lipinski definition) is 3. The van der Waals surface area contributed by atoms with E-state index in [4.69, 9.17) is 11.6 Å². The number of halogens is 1. The highest BCUT2D eigenvalue weighted by molar-refractivity contribution is 7.89. The second-order valence-electron chi connectivity index (χ2n) is 4.98. The quantitative estimate of drug-likeness (QED) is 0.817. The van der Waals surface area contributed by atoms with Gasteiger partial charge in [-0.05, 0) is 42.9 Å². The Labute approximate surface area is 119 Å². The summed E-state index contributed by atoms with van der Waals surface area (Å²) >= 11 is 6.14. The van der Waals surface area contributed by atoms with Crippen LogP contribution in [0.4, 0.5) is 0 Å². The summed E-state index contributed by atoms with van der Waals surface area (Å²) in [5.74, 6) is 0.383. The lowest BCUT2D eigenvalue weighted by molar-refractivity contribution is 0.523. The van der Waals surface area contributed by atoms with Crippen LogP contribution in [0.5, 0.6) is 0 Å². The van der Waals surface area contributed by atoms with Crippen LogP contribution in [0.2, 0.25) is 0 Å². The fourth-order valence-corrected chi connectivity index (χ4v) is 3.82. The molecule has 0 amide bonds. The molecule has 0 spiro atoms. The normalized spacial score (nSPS) is 23.6. The molecular formula is C13H19ClN2O2S. The van der Waals surface area contributed by atoms with E-state index in [-0.39, 0.29) is 17.0 Å². The Morgan fingerprint density at radius 1 is 1.32 bits per heavy atom. The van der Waals surface area contributed by atoms with Crippen molar-refractivity contribution in [2.45, 2.75) is 31.1 Å². The molecule has 1 aliphatic carbocycles. The first-order chi connectivity index (χ1) is 9.07. The molecule has 106 valence electrons. The molecule has 1 aromatic rings. The van der Waals surface area contributed by atoms with E-state index < -0.39 is 10.0 Å². The number of pyridine rings is 1. The van der Waals surface area contributed by atoms with E-state index in [1.54, 1.807) is 12.4 Å². The lowest BCUT2D eigenvalue weighted by Crippen LogP contribution is -2.33. The van der Waals surface area contributed by atoms with Gasteiger partial charge in [-0.15, -0.1) is 11.6 Å². The predicted octanol–water partition coefficient (Wildman–Crippen LogP) is 1.95. The van der Waals surface area contributed by atoms with Crippen molar-refractivity contribution < 1.29 is 8.42 Å². The topological polar surface area (TPSA) is 59.1 Å². The van der Waals surface area contributed by atoms with Crippen molar-refractivity contribution in [1.29, 1.82) is 0 Å². The molecule has 2 atom stereocenters. The molecule has 1 aliphatic rings. The number of sulfonamides is 1. The molecular weight excluding hydrogens is 284 g/mol. The first-order valence-corrected chi connectivity index (χ1v) is 8.66. The van der Waals surface area contributed by atoms with E-state index in [2.05, 4.69) is 9.71 Å². The maximum atomic E-state index is 11.9. The molecule has 19 heavy (non-hydrogen) atoms. The average molecular weight is 303 g/mol. The standard InChI is InChI=1S/C13H19ClN2O2S/c14-13-3-1-2-12(13)10-16-19(17,18)9-6-11-4-7-15-8-5-11/h4-5,7-8,12-13,16H,1-3,6,9-10H2. The fourth-order valence-electron chi connectivity index (χ4n) is 2.33. The van der Waals surface area contributed by atoms with E-state index >= 15 is 0 Å². The summed E-state index contributed by atoms with van der Waals surface area (Å²) in [6.45, 7) is 0.465. The molecule has 0 saturated heterocycles. The lowest BCUT2D eigenvalue weighted by Gasteiger charge is -2.14. The molecule has 1 heterocycles. The third kappa shape index (κ3) is 4.75. The molecule has 2 unspecified atom stereocenters. The fraction of sp³-hybridized carbons (Fsp3) is 0.615. The number of nitrogens with zero attached hydrogens (tertiary/aromatic N) is 1. The minimum atomic E-state index is -3.22. The SMILES string of the molecule is O=S(=O)(CCc1ccncc1)NCC1CCCC1Cl. The number of hydrogen-bond donors (Lipinski definition) is 1. The molecule has 2 rings (SSSR count). The first kappa shape index (κ1) is 14.8. The van der Waals surface area contributed by atoms with Crippen LogP contribution in [0.1, 0.15) is 24.8 Å². The number of rotatable bonds is 6. The summed E-state index contributed by atoms with van der Waals surface area (Å²) in [5, 5.41) is 0.114. The van der Waals surface area contributed by atoms with Gasteiger partial charge >= 0.3 is 0 Å². The van der Waals surface area contributed by atoms with Crippen LogP contribution in [-0.4, -0.2) is 31.1 Å². The third-order valence-corrected chi connectivity index (χ3v) is 5.46. The summed E-state index contributed by atoms with van der Waals surface area (Å²) in [5.41, 5.74) is 0.983. The van der Waals surface area contributed by atoms with Gasteiger partial charge in [0.2, 0.25) is 10.0 Å². The van der Waals surface area contributed by atoms with Crippen LogP contribution in [-0.2, 0) is 16.4 Å². The summed E-state index contributed by atoms with van der Waals surface area (Å²) in [4.78, 5) is 3.91. The predicted molar refractivity (Wildman–Crippen MR) is 76.7 cm³/mol. The highest BCUT2D eigenvalue weighted by Crippen LogP contribution is 2.29. The molecule has 1 aromatic heterocycles. The van der Waals surface area contributed by atoms with Crippen LogP contribution < -0.4 is 4.72 Å². The summed E-state index contributed by atoms with van der Waals surface area (Å²) in [6.07, 6.45) is 6.95. The highest BCUT2D eigenvalue weighted by atomic mass is 35.5. The van der Waals surface area contributed by atoms with Gasteiger partial charge in [0.15, 0.2) is 0 Å². The Morgan fingerprint density at radius 2 is 2.05 bits per heavy atom. The Bertz CT molecular complexity index is 493. The number of aryl methyl sites for hydroxylation is 1. The minimum absolute atomic E-state index is 0.108. The number of aromatic nitrogens is 1. The molecule has 0 aromatic carbocycles. The van der Waals surface area contributed by atoms with Gasteiger partial charge in [-0.2, -0.15) is 0 Å². The first-order valence-electron chi connectivity index (χ1n) is 6.57. The van der Waals surface area contributed by atoms with Gasteiger partial charge < -0.3 is 0 Å². The van der Waals surface area contributed by atoms with Gasteiger partial charge in [-0.3, -0.25) is 4.98 Å². The molecule has 4 nitrogen and oxygen atoms in total. The monoisotopic (exact) mass is 302 g/mol. The van der Waals surface area contributed by atoms with Crippen LogP contribution in [0.3, 0.4) is 0 Å². The maximum absolute atomic E-state index is 11.9. The zero-order valence-electron chi connectivity index (χ0n) is 10.8. The molecule has 1 fully saturated rings. The van der Waals surface area contributed by atoms with Crippen molar-refractivity contribution in [3.8, 4) is 0 Å². The molecule has 1 saturated carbocycles. The van der Waals surface area contributed by atoms with Crippen LogP contribution in [0.25, 0.3) is 0 Å². The van der Waals surface area contributed by atoms with Gasteiger partial charge in [-0.1, -0.05) is 6.42 Å².